The summed E-state index contributed by atoms with van der Waals surface area (Å²) in [6, 6.07) is 8.58. The number of hydrogen-bond acceptors (Lipinski definition) is 3. The monoisotopic (exact) mass is 260 g/mol. The molecule has 1 unspecified atom stereocenters. The number of benzene rings is 1. The Balaban J connectivity index is 1.78. The number of para-hydroxylation sites is 1. The van der Waals surface area contributed by atoms with Crippen LogP contribution in [-0.2, 0) is 16.1 Å². The van der Waals surface area contributed by atoms with Crippen molar-refractivity contribution in [2.75, 3.05) is 18.2 Å². The van der Waals surface area contributed by atoms with Crippen molar-refractivity contribution < 1.29 is 9.63 Å². The van der Waals surface area contributed by atoms with Gasteiger partial charge in [-0.25, -0.2) is 0 Å². The Morgan fingerprint density at radius 2 is 2.21 bits per heavy atom. The fourth-order valence-electron chi connectivity index (χ4n) is 2.85. The molecule has 2 heterocycles. The van der Waals surface area contributed by atoms with E-state index in [2.05, 4.69) is 11.4 Å². The van der Waals surface area contributed by atoms with Crippen LogP contribution in [0.5, 0.6) is 0 Å². The van der Waals surface area contributed by atoms with E-state index in [0.717, 1.165) is 18.7 Å². The molecule has 1 aromatic rings. The molecule has 1 N–H and O–H groups in total. The van der Waals surface area contributed by atoms with Gasteiger partial charge in [0.05, 0.1) is 18.7 Å². The zero-order chi connectivity index (χ0) is 13.1. The van der Waals surface area contributed by atoms with E-state index < -0.39 is 0 Å². The molecule has 2 fully saturated rings. The SMILES string of the molecule is O=C1CCON1c1ccccc1CC1CCCCN1. The summed E-state index contributed by atoms with van der Waals surface area (Å²) in [6.45, 7) is 1.60. The minimum absolute atomic E-state index is 0.0593. The summed E-state index contributed by atoms with van der Waals surface area (Å²) in [5.41, 5.74) is 2.11. The fraction of sp³-hybridized carbons (Fsp3) is 0.533. The highest BCUT2D eigenvalue weighted by Gasteiger charge is 2.26. The number of hydroxylamine groups is 1. The second-order valence-electron chi connectivity index (χ2n) is 5.25. The zero-order valence-electron chi connectivity index (χ0n) is 11.1. The molecule has 1 atom stereocenters. The van der Waals surface area contributed by atoms with E-state index >= 15 is 0 Å². The van der Waals surface area contributed by atoms with Crippen LogP contribution in [-0.4, -0.2) is 25.1 Å². The molecule has 0 bridgehead atoms. The van der Waals surface area contributed by atoms with Gasteiger partial charge in [0.1, 0.15) is 0 Å². The molecule has 2 aliphatic rings. The third-order valence-corrected chi connectivity index (χ3v) is 3.85. The minimum atomic E-state index is 0.0593. The van der Waals surface area contributed by atoms with Crippen LogP contribution in [0.3, 0.4) is 0 Å². The topological polar surface area (TPSA) is 41.6 Å². The predicted octanol–water partition coefficient (Wildman–Crippen LogP) is 2.04. The van der Waals surface area contributed by atoms with E-state index in [1.54, 1.807) is 0 Å². The lowest BCUT2D eigenvalue weighted by molar-refractivity contribution is -0.119. The second-order valence-corrected chi connectivity index (χ2v) is 5.25. The normalized spacial score (nSPS) is 23.9. The lowest BCUT2D eigenvalue weighted by atomic mass is 9.97. The number of piperidine rings is 1. The van der Waals surface area contributed by atoms with Gasteiger partial charge in [-0.2, -0.15) is 5.06 Å². The van der Waals surface area contributed by atoms with Gasteiger partial charge in [-0.1, -0.05) is 24.6 Å². The van der Waals surface area contributed by atoms with Crippen LogP contribution in [0, 0.1) is 0 Å². The Bertz CT molecular complexity index is 455. The lowest BCUT2D eigenvalue weighted by Gasteiger charge is -2.25. The Kier molecular flexibility index (Phi) is 3.80. The van der Waals surface area contributed by atoms with Crippen LogP contribution >= 0.6 is 0 Å². The summed E-state index contributed by atoms with van der Waals surface area (Å²) >= 11 is 0. The van der Waals surface area contributed by atoms with E-state index in [0.29, 0.717) is 19.1 Å². The number of nitrogens with one attached hydrogen (secondary N) is 1. The fourth-order valence-corrected chi connectivity index (χ4v) is 2.85. The predicted molar refractivity (Wildman–Crippen MR) is 73.8 cm³/mol. The molecule has 1 amide bonds. The van der Waals surface area contributed by atoms with E-state index in [4.69, 9.17) is 4.84 Å². The summed E-state index contributed by atoms with van der Waals surface area (Å²) in [5.74, 6) is 0.0593. The van der Waals surface area contributed by atoms with Gasteiger partial charge in [-0.3, -0.25) is 9.63 Å². The van der Waals surface area contributed by atoms with Crippen molar-refractivity contribution in [3.05, 3.63) is 29.8 Å². The first-order valence-electron chi connectivity index (χ1n) is 7.12. The number of carbonyl (C=O) groups is 1. The molecule has 0 spiro atoms. The first kappa shape index (κ1) is 12.6. The molecule has 0 aromatic heterocycles. The molecule has 0 saturated carbocycles. The van der Waals surface area contributed by atoms with Gasteiger partial charge < -0.3 is 5.32 Å². The summed E-state index contributed by atoms with van der Waals surface area (Å²) in [4.78, 5) is 17.2. The van der Waals surface area contributed by atoms with Crippen LogP contribution in [0.1, 0.15) is 31.2 Å². The Labute approximate surface area is 113 Å². The molecule has 4 heteroatoms. The molecular weight excluding hydrogens is 240 g/mol. The molecule has 2 aliphatic heterocycles. The van der Waals surface area contributed by atoms with Gasteiger partial charge in [0.2, 0.25) is 0 Å². The third-order valence-electron chi connectivity index (χ3n) is 3.85. The molecule has 0 radical (unpaired) electrons. The highest BCUT2D eigenvalue weighted by atomic mass is 16.7. The van der Waals surface area contributed by atoms with Gasteiger partial charge in [-0.05, 0) is 37.4 Å². The van der Waals surface area contributed by atoms with Crippen molar-refractivity contribution >= 4 is 11.6 Å². The van der Waals surface area contributed by atoms with Gasteiger partial charge in [0, 0.05) is 6.04 Å². The smallest absolute Gasteiger partial charge is 0.253 e. The highest BCUT2D eigenvalue weighted by Crippen LogP contribution is 2.26. The lowest BCUT2D eigenvalue weighted by Crippen LogP contribution is -2.36. The molecule has 19 heavy (non-hydrogen) atoms. The number of hydrogen-bond donors (Lipinski definition) is 1. The maximum absolute atomic E-state index is 11.8. The summed E-state index contributed by atoms with van der Waals surface area (Å²) in [7, 11) is 0. The molecule has 0 aliphatic carbocycles. The standard InChI is InChI=1S/C15H20N2O2/c18-15-8-10-19-17(15)14-7-2-1-5-12(14)11-13-6-3-4-9-16-13/h1-2,5,7,13,16H,3-4,6,8-11H2. The Morgan fingerprint density at radius 1 is 1.32 bits per heavy atom. The number of carbonyl (C=O) groups excluding carboxylic acids is 1. The number of nitrogens with zero attached hydrogens (tertiary/aromatic N) is 1. The zero-order valence-corrected chi connectivity index (χ0v) is 11.1. The highest BCUT2D eigenvalue weighted by molar-refractivity contribution is 5.93. The van der Waals surface area contributed by atoms with Crippen LogP contribution in [0.15, 0.2) is 24.3 Å². The third kappa shape index (κ3) is 2.80. The van der Waals surface area contributed by atoms with Gasteiger partial charge in [-0.15, -0.1) is 0 Å². The van der Waals surface area contributed by atoms with E-state index in [1.807, 2.05) is 18.2 Å². The van der Waals surface area contributed by atoms with Crippen LogP contribution in [0.4, 0.5) is 5.69 Å². The average molecular weight is 260 g/mol. The van der Waals surface area contributed by atoms with Crippen LogP contribution < -0.4 is 10.4 Å². The average Bonchev–Trinajstić information content (AvgIpc) is 2.87. The molecule has 2 saturated heterocycles. The number of anilines is 1. The Hall–Kier alpha value is -1.39. The van der Waals surface area contributed by atoms with Gasteiger partial charge in [0.25, 0.3) is 5.91 Å². The van der Waals surface area contributed by atoms with Crippen molar-refractivity contribution in [3.8, 4) is 0 Å². The molecule has 4 nitrogen and oxygen atoms in total. The quantitative estimate of drug-likeness (QED) is 0.904. The molecule has 1 aromatic carbocycles. The Morgan fingerprint density at radius 3 is 2.95 bits per heavy atom. The second kappa shape index (κ2) is 5.72. The van der Waals surface area contributed by atoms with E-state index in [-0.39, 0.29) is 5.91 Å². The largest absolute Gasteiger partial charge is 0.314 e. The molecule has 102 valence electrons. The van der Waals surface area contributed by atoms with Crippen molar-refractivity contribution in [2.45, 2.75) is 38.1 Å². The first-order valence-corrected chi connectivity index (χ1v) is 7.12. The van der Waals surface area contributed by atoms with Crippen molar-refractivity contribution in [1.29, 1.82) is 0 Å². The van der Waals surface area contributed by atoms with E-state index in [9.17, 15) is 4.79 Å². The number of amides is 1. The van der Waals surface area contributed by atoms with Crippen molar-refractivity contribution in [1.82, 2.24) is 5.32 Å². The van der Waals surface area contributed by atoms with E-state index in [1.165, 1.54) is 29.9 Å². The molecule has 3 rings (SSSR count). The summed E-state index contributed by atoms with van der Waals surface area (Å²) in [5, 5.41) is 5.02. The number of rotatable bonds is 3. The maximum atomic E-state index is 11.8. The summed E-state index contributed by atoms with van der Waals surface area (Å²) in [6.07, 6.45) is 5.22. The van der Waals surface area contributed by atoms with Crippen LogP contribution in [0.25, 0.3) is 0 Å². The van der Waals surface area contributed by atoms with Crippen LogP contribution in [0.2, 0.25) is 0 Å². The van der Waals surface area contributed by atoms with Crippen molar-refractivity contribution in [3.63, 3.8) is 0 Å². The van der Waals surface area contributed by atoms with Gasteiger partial charge >= 0.3 is 0 Å². The minimum Gasteiger partial charge on any atom is -0.314 e. The first-order chi connectivity index (χ1) is 9.34. The summed E-state index contributed by atoms with van der Waals surface area (Å²) < 4.78 is 0. The maximum Gasteiger partial charge on any atom is 0.253 e. The van der Waals surface area contributed by atoms with Gasteiger partial charge in [0.15, 0.2) is 0 Å². The van der Waals surface area contributed by atoms with Crippen molar-refractivity contribution in [2.24, 2.45) is 0 Å². The molecular formula is C15H20N2O2.